The van der Waals surface area contributed by atoms with Crippen LogP contribution >= 0.6 is 11.6 Å². The number of nitrogens with zero attached hydrogens (tertiary/aromatic N) is 2. The molecule has 1 amide bonds. The van der Waals surface area contributed by atoms with Gasteiger partial charge in [0.25, 0.3) is 5.91 Å². The third-order valence-corrected chi connectivity index (χ3v) is 2.84. The van der Waals surface area contributed by atoms with Crippen molar-refractivity contribution in [2.75, 3.05) is 19.5 Å². The maximum Gasteiger partial charge on any atom is 0.258 e. The number of halogens is 1. The molecule has 1 heterocycles. The van der Waals surface area contributed by atoms with E-state index in [2.05, 4.69) is 15.3 Å². The van der Waals surface area contributed by atoms with Crippen LogP contribution in [0.3, 0.4) is 0 Å². The Hall–Kier alpha value is -2.34. The summed E-state index contributed by atoms with van der Waals surface area (Å²) in [6, 6.07) is 3.15. The van der Waals surface area contributed by atoms with Crippen LogP contribution in [0.2, 0.25) is 5.02 Å². The highest BCUT2D eigenvalue weighted by Gasteiger charge is 2.13. The summed E-state index contributed by atoms with van der Waals surface area (Å²) in [5, 5.41) is 3.09. The average molecular weight is 294 g/mol. The fourth-order valence-electron chi connectivity index (χ4n) is 1.57. The second-order valence-electron chi connectivity index (χ2n) is 3.77. The van der Waals surface area contributed by atoms with Gasteiger partial charge in [-0.3, -0.25) is 4.79 Å². The molecule has 0 fully saturated rings. The van der Waals surface area contributed by atoms with Crippen molar-refractivity contribution < 1.29 is 14.3 Å². The van der Waals surface area contributed by atoms with Crippen molar-refractivity contribution >= 4 is 23.2 Å². The van der Waals surface area contributed by atoms with E-state index in [1.807, 2.05) is 0 Å². The Kier molecular flexibility index (Phi) is 4.37. The molecule has 2 rings (SSSR count). The predicted octanol–water partition coefficient (Wildman–Crippen LogP) is 2.40. The molecular weight excluding hydrogens is 282 g/mol. The van der Waals surface area contributed by atoms with Crippen molar-refractivity contribution in [3.63, 3.8) is 0 Å². The lowest BCUT2D eigenvalue weighted by Crippen LogP contribution is -2.13. The first-order chi connectivity index (χ1) is 9.65. The lowest BCUT2D eigenvalue weighted by Gasteiger charge is -2.12. The normalized spacial score (nSPS) is 9.95. The molecule has 1 N–H and O–H groups in total. The Balaban J connectivity index is 2.31. The van der Waals surface area contributed by atoms with Crippen molar-refractivity contribution in [1.82, 2.24) is 9.97 Å². The topological polar surface area (TPSA) is 73.3 Å². The smallest absolute Gasteiger partial charge is 0.258 e. The van der Waals surface area contributed by atoms with E-state index in [0.29, 0.717) is 27.8 Å². The van der Waals surface area contributed by atoms with Crippen LogP contribution in [0.5, 0.6) is 11.5 Å². The summed E-state index contributed by atoms with van der Waals surface area (Å²) < 4.78 is 10.3. The number of nitrogens with one attached hydrogen (secondary N) is 1. The molecule has 0 saturated heterocycles. The number of carbonyl (C=O) groups is 1. The second-order valence-corrected chi connectivity index (χ2v) is 4.18. The van der Waals surface area contributed by atoms with Gasteiger partial charge in [0.05, 0.1) is 30.5 Å². The lowest BCUT2D eigenvalue weighted by atomic mass is 10.2. The molecule has 1 aromatic heterocycles. The molecule has 104 valence electrons. The number of carbonyl (C=O) groups excluding carboxylic acids is 1. The van der Waals surface area contributed by atoms with E-state index >= 15 is 0 Å². The van der Waals surface area contributed by atoms with Crippen molar-refractivity contribution in [2.45, 2.75) is 0 Å². The summed E-state index contributed by atoms with van der Waals surface area (Å²) in [4.78, 5) is 19.6. The largest absolute Gasteiger partial charge is 0.495 e. The van der Waals surface area contributed by atoms with E-state index in [1.54, 1.807) is 12.1 Å². The van der Waals surface area contributed by atoms with Crippen molar-refractivity contribution in [2.24, 2.45) is 0 Å². The Morgan fingerprint density at radius 3 is 2.40 bits per heavy atom. The number of aromatic nitrogens is 2. The molecule has 0 radical (unpaired) electrons. The standard InChI is InChI=1S/C13H12ClN3O3/c1-19-11-4-10(12(20-2)3-9(11)14)17-13(18)8-5-15-7-16-6-8/h3-7H,1-2H3,(H,17,18). The monoisotopic (exact) mass is 293 g/mol. The highest BCUT2D eigenvalue weighted by atomic mass is 35.5. The van der Waals surface area contributed by atoms with E-state index in [-0.39, 0.29) is 5.91 Å². The summed E-state index contributed by atoms with van der Waals surface area (Å²) in [6.45, 7) is 0. The van der Waals surface area contributed by atoms with Crippen LogP contribution in [-0.4, -0.2) is 30.1 Å². The molecule has 0 bridgehead atoms. The van der Waals surface area contributed by atoms with Crippen LogP contribution in [0.1, 0.15) is 10.4 Å². The zero-order valence-electron chi connectivity index (χ0n) is 10.9. The van der Waals surface area contributed by atoms with Gasteiger partial charge in [-0.2, -0.15) is 0 Å². The first-order valence-electron chi connectivity index (χ1n) is 5.63. The van der Waals surface area contributed by atoms with Crippen LogP contribution in [0, 0.1) is 0 Å². The Labute approximate surface area is 120 Å². The minimum atomic E-state index is -0.353. The molecule has 7 heteroatoms. The molecular formula is C13H12ClN3O3. The number of amides is 1. The number of rotatable bonds is 4. The average Bonchev–Trinajstić information content (AvgIpc) is 2.49. The van der Waals surface area contributed by atoms with Gasteiger partial charge >= 0.3 is 0 Å². The molecule has 6 nitrogen and oxygen atoms in total. The Morgan fingerprint density at radius 2 is 1.80 bits per heavy atom. The zero-order valence-corrected chi connectivity index (χ0v) is 11.6. The lowest BCUT2D eigenvalue weighted by molar-refractivity contribution is 0.102. The molecule has 1 aromatic carbocycles. The Morgan fingerprint density at radius 1 is 1.15 bits per heavy atom. The molecule has 20 heavy (non-hydrogen) atoms. The fourth-order valence-corrected chi connectivity index (χ4v) is 1.80. The van der Waals surface area contributed by atoms with Crippen molar-refractivity contribution in [3.05, 3.63) is 41.4 Å². The molecule has 0 aliphatic rings. The number of ether oxygens (including phenoxy) is 2. The Bertz CT molecular complexity index is 620. The quantitative estimate of drug-likeness (QED) is 0.937. The predicted molar refractivity (Wildman–Crippen MR) is 74.5 cm³/mol. The number of methoxy groups -OCH3 is 2. The van der Waals surface area contributed by atoms with Crippen LogP contribution < -0.4 is 14.8 Å². The number of anilines is 1. The summed E-state index contributed by atoms with van der Waals surface area (Å²) in [5.41, 5.74) is 0.783. The summed E-state index contributed by atoms with van der Waals surface area (Å²) >= 11 is 6.00. The van der Waals surface area contributed by atoms with Gasteiger partial charge in [-0.25, -0.2) is 9.97 Å². The van der Waals surface area contributed by atoms with E-state index in [4.69, 9.17) is 21.1 Å². The first-order valence-corrected chi connectivity index (χ1v) is 6.01. The van der Waals surface area contributed by atoms with E-state index in [9.17, 15) is 4.79 Å². The van der Waals surface area contributed by atoms with Crippen LogP contribution in [0.15, 0.2) is 30.9 Å². The molecule has 0 aliphatic carbocycles. The van der Waals surface area contributed by atoms with Gasteiger partial charge in [0.1, 0.15) is 17.8 Å². The van der Waals surface area contributed by atoms with Gasteiger partial charge in [-0.15, -0.1) is 0 Å². The highest BCUT2D eigenvalue weighted by Crippen LogP contribution is 2.35. The van der Waals surface area contributed by atoms with Gasteiger partial charge in [0.2, 0.25) is 0 Å². The van der Waals surface area contributed by atoms with E-state index in [0.717, 1.165) is 0 Å². The number of hydrogen-bond donors (Lipinski definition) is 1. The molecule has 0 saturated carbocycles. The second kappa shape index (κ2) is 6.21. The summed E-state index contributed by atoms with van der Waals surface area (Å²) in [7, 11) is 2.98. The van der Waals surface area contributed by atoms with Crippen LogP contribution in [0.25, 0.3) is 0 Å². The summed E-state index contributed by atoms with van der Waals surface area (Å²) in [6.07, 6.45) is 4.19. The van der Waals surface area contributed by atoms with E-state index < -0.39 is 0 Å². The minimum Gasteiger partial charge on any atom is -0.495 e. The van der Waals surface area contributed by atoms with Gasteiger partial charge in [-0.1, -0.05) is 11.6 Å². The first kappa shape index (κ1) is 14.1. The highest BCUT2D eigenvalue weighted by molar-refractivity contribution is 6.32. The zero-order chi connectivity index (χ0) is 14.5. The van der Waals surface area contributed by atoms with Gasteiger partial charge < -0.3 is 14.8 Å². The van der Waals surface area contributed by atoms with E-state index in [1.165, 1.54) is 32.9 Å². The molecule has 0 atom stereocenters. The summed E-state index contributed by atoms with van der Waals surface area (Å²) in [5.74, 6) is 0.515. The molecule has 0 spiro atoms. The van der Waals surface area contributed by atoms with Gasteiger partial charge in [-0.05, 0) is 0 Å². The number of hydrogen-bond acceptors (Lipinski definition) is 5. The minimum absolute atomic E-state index is 0.337. The fraction of sp³-hybridized carbons (Fsp3) is 0.154. The van der Waals surface area contributed by atoms with Crippen molar-refractivity contribution in [1.29, 1.82) is 0 Å². The third-order valence-electron chi connectivity index (χ3n) is 2.54. The third kappa shape index (κ3) is 2.97. The maximum atomic E-state index is 12.0. The van der Waals surface area contributed by atoms with Crippen LogP contribution in [-0.2, 0) is 0 Å². The van der Waals surface area contributed by atoms with Gasteiger partial charge in [0.15, 0.2) is 0 Å². The molecule has 0 unspecified atom stereocenters. The van der Waals surface area contributed by atoms with Crippen LogP contribution in [0.4, 0.5) is 5.69 Å². The number of benzene rings is 1. The SMILES string of the molecule is COc1cc(NC(=O)c2cncnc2)c(OC)cc1Cl. The van der Waals surface area contributed by atoms with Crippen molar-refractivity contribution in [3.8, 4) is 11.5 Å². The van der Waals surface area contributed by atoms with Gasteiger partial charge in [0, 0.05) is 24.5 Å². The molecule has 2 aromatic rings. The molecule has 0 aliphatic heterocycles. The maximum absolute atomic E-state index is 12.0.